The molecular formula is C17H22Cl2N2O2. The van der Waals surface area contributed by atoms with E-state index in [0.717, 1.165) is 23.9 Å². The van der Waals surface area contributed by atoms with Gasteiger partial charge in [0.2, 0.25) is 0 Å². The van der Waals surface area contributed by atoms with E-state index in [2.05, 4.69) is 22.2 Å². The monoisotopic (exact) mass is 356 g/mol. The molecule has 0 spiro atoms. The molecule has 2 amide bonds. The van der Waals surface area contributed by atoms with Crippen molar-refractivity contribution in [3.05, 3.63) is 64.7 Å². The lowest BCUT2D eigenvalue weighted by molar-refractivity contribution is 0.251. The van der Waals surface area contributed by atoms with E-state index in [-0.39, 0.29) is 6.03 Å². The van der Waals surface area contributed by atoms with Crippen LogP contribution in [-0.4, -0.2) is 24.6 Å². The number of hydrogen-bond donors (Lipinski definition) is 3. The Hall–Kier alpha value is -1.75. The highest BCUT2D eigenvalue weighted by Crippen LogP contribution is 2.10. The van der Waals surface area contributed by atoms with Crippen molar-refractivity contribution < 1.29 is 9.90 Å². The highest BCUT2D eigenvalue weighted by atomic mass is 35.5. The number of rotatable bonds is 3. The van der Waals surface area contributed by atoms with Crippen LogP contribution in [0.5, 0.6) is 0 Å². The minimum absolute atomic E-state index is 0.223. The second kappa shape index (κ2) is 12.8. The van der Waals surface area contributed by atoms with Crippen LogP contribution in [0.3, 0.4) is 0 Å². The molecule has 2 aromatic rings. The standard InChI is InChI=1S/C15H15ClN2O.CH3Cl.CH4O/c1-11-2-8-14(9-3-11)18-15(19)17-10-12-4-6-13(16)7-5-12;2*1-2/h2-9H,10H2,1H3,(H2,17,18,19);1H3;2H,1H3. The van der Waals surface area contributed by atoms with Gasteiger partial charge in [-0.2, -0.15) is 0 Å². The number of alkyl halides is 1. The lowest BCUT2D eigenvalue weighted by Gasteiger charge is -2.08. The van der Waals surface area contributed by atoms with E-state index in [1.807, 2.05) is 43.3 Å². The van der Waals surface area contributed by atoms with Crippen LogP contribution in [0.25, 0.3) is 0 Å². The largest absolute Gasteiger partial charge is 0.400 e. The number of amides is 2. The van der Waals surface area contributed by atoms with Gasteiger partial charge in [0.15, 0.2) is 0 Å². The van der Waals surface area contributed by atoms with E-state index in [4.69, 9.17) is 16.7 Å². The van der Waals surface area contributed by atoms with Gasteiger partial charge in [0.05, 0.1) is 0 Å². The molecule has 0 bridgehead atoms. The van der Waals surface area contributed by atoms with Gasteiger partial charge < -0.3 is 15.7 Å². The van der Waals surface area contributed by atoms with Crippen LogP contribution >= 0.6 is 23.2 Å². The van der Waals surface area contributed by atoms with E-state index in [1.165, 1.54) is 6.38 Å². The van der Waals surface area contributed by atoms with Gasteiger partial charge in [-0.25, -0.2) is 4.79 Å². The molecule has 3 N–H and O–H groups in total. The normalized spacial score (nSPS) is 8.78. The Morgan fingerprint density at radius 3 is 2.04 bits per heavy atom. The fourth-order valence-electron chi connectivity index (χ4n) is 1.60. The van der Waals surface area contributed by atoms with Crippen molar-refractivity contribution in [3.63, 3.8) is 0 Å². The smallest absolute Gasteiger partial charge is 0.319 e. The Kier molecular flexibility index (Phi) is 11.8. The summed E-state index contributed by atoms with van der Waals surface area (Å²) < 4.78 is 0. The molecule has 0 fully saturated rings. The minimum atomic E-state index is -0.223. The molecule has 0 unspecified atom stereocenters. The fourth-order valence-corrected chi connectivity index (χ4v) is 1.72. The third-order valence-corrected chi connectivity index (χ3v) is 2.93. The maximum absolute atomic E-state index is 11.7. The Morgan fingerprint density at radius 1 is 1.00 bits per heavy atom. The van der Waals surface area contributed by atoms with Crippen LogP contribution in [0.1, 0.15) is 11.1 Å². The SMILES string of the molecule is CCl.CO.Cc1ccc(NC(=O)NCc2ccc(Cl)cc2)cc1. The van der Waals surface area contributed by atoms with Gasteiger partial charge >= 0.3 is 6.03 Å². The lowest BCUT2D eigenvalue weighted by atomic mass is 10.2. The summed E-state index contributed by atoms with van der Waals surface area (Å²) in [4.78, 5) is 11.7. The first kappa shape index (κ1) is 21.2. The quantitative estimate of drug-likeness (QED) is 0.712. The third-order valence-electron chi connectivity index (χ3n) is 2.68. The van der Waals surface area contributed by atoms with E-state index in [0.29, 0.717) is 11.6 Å². The number of benzene rings is 2. The first-order chi connectivity index (χ1) is 11.1. The van der Waals surface area contributed by atoms with Crippen LogP contribution in [0, 0.1) is 6.92 Å². The molecule has 126 valence electrons. The predicted octanol–water partition coefficient (Wildman–Crippen LogP) is 4.43. The molecule has 23 heavy (non-hydrogen) atoms. The molecule has 4 nitrogen and oxygen atoms in total. The van der Waals surface area contributed by atoms with Gasteiger partial charge in [-0.3, -0.25) is 0 Å². The summed E-state index contributed by atoms with van der Waals surface area (Å²) in [7, 11) is 1.00. The summed E-state index contributed by atoms with van der Waals surface area (Å²) in [5.41, 5.74) is 2.94. The Morgan fingerprint density at radius 2 is 1.52 bits per heavy atom. The molecule has 0 aromatic heterocycles. The number of anilines is 1. The molecule has 6 heteroatoms. The van der Waals surface area contributed by atoms with Crippen LogP contribution in [-0.2, 0) is 6.54 Å². The Labute approximate surface area is 147 Å². The van der Waals surface area contributed by atoms with E-state index in [9.17, 15) is 4.79 Å². The summed E-state index contributed by atoms with van der Waals surface area (Å²) in [5.74, 6) is 0. The summed E-state index contributed by atoms with van der Waals surface area (Å²) in [6.45, 7) is 2.47. The number of carbonyl (C=O) groups excluding carboxylic acids is 1. The van der Waals surface area contributed by atoms with Crippen molar-refractivity contribution in [2.45, 2.75) is 13.5 Å². The Bertz CT molecular complexity index is 558. The van der Waals surface area contributed by atoms with Crippen molar-refractivity contribution in [2.24, 2.45) is 0 Å². The number of urea groups is 1. The highest BCUT2D eigenvalue weighted by Gasteiger charge is 2.01. The molecular weight excluding hydrogens is 335 g/mol. The van der Waals surface area contributed by atoms with Crippen molar-refractivity contribution >= 4 is 34.9 Å². The van der Waals surface area contributed by atoms with Gasteiger partial charge in [-0.1, -0.05) is 41.4 Å². The van der Waals surface area contributed by atoms with Gasteiger partial charge in [0.1, 0.15) is 0 Å². The summed E-state index contributed by atoms with van der Waals surface area (Å²) in [6, 6.07) is 14.8. The molecule has 0 aliphatic carbocycles. The third kappa shape index (κ3) is 9.08. The number of carbonyl (C=O) groups is 1. The Balaban J connectivity index is 0.00000112. The molecule has 0 heterocycles. The van der Waals surface area contributed by atoms with E-state index >= 15 is 0 Å². The molecule has 0 saturated heterocycles. The van der Waals surface area contributed by atoms with Crippen molar-refractivity contribution in [1.82, 2.24) is 5.32 Å². The number of halogens is 2. The van der Waals surface area contributed by atoms with Crippen LogP contribution in [0.4, 0.5) is 10.5 Å². The molecule has 2 rings (SSSR count). The fraction of sp³-hybridized carbons (Fsp3) is 0.235. The molecule has 0 saturated carbocycles. The van der Waals surface area contributed by atoms with E-state index in [1.54, 1.807) is 12.1 Å². The van der Waals surface area contributed by atoms with Crippen LogP contribution < -0.4 is 10.6 Å². The topological polar surface area (TPSA) is 61.4 Å². The summed E-state index contributed by atoms with van der Waals surface area (Å²) in [6.07, 6.45) is 1.47. The highest BCUT2D eigenvalue weighted by molar-refractivity contribution is 6.30. The number of hydrogen-bond acceptors (Lipinski definition) is 2. The number of aliphatic hydroxyl groups excluding tert-OH is 1. The second-order valence-electron chi connectivity index (χ2n) is 4.30. The van der Waals surface area contributed by atoms with Crippen LogP contribution in [0.2, 0.25) is 5.02 Å². The van der Waals surface area contributed by atoms with Crippen molar-refractivity contribution in [1.29, 1.82) is 0 Å². The summed E-state index contributed by atoms with van der Waals surface area (Å²) >= 11 is 10.4. The zero-order valence-corrected chi connectivity index (χ0v) is 14.9. The second-order valence-corrected chi connectivity index (χ2v) is 4.74. The lowest BCUT2D eigenvalue weighted by Crippen LogP contribution is -2.28. The first-order valence-electron chi connectivity index (χ1n) is 6.82. The maximum atomic E-state index is 11.7. The van der Waals surface area contributed by atoms with Crippen molar-refractivity contribution in [3.8, 4) is 0 Å². The number of aliphatic hydroxyl groups is 1. The predicted molar refractivity (Wildman–Crippen MR) is 98.4 cm³/mol. The van der Waals surface area contributed by atoms with Crippen molar-refractivity contribution in [2.75, 3.05) is 18.8 Å². The molecule has 0 aliphatic heterocycles. The molecule has 0 radical (unpaired) electrons. The number of aryl methyl sites for hydroxylation is 1. The first-order valence-corrected chi connectivity index (χ1v) is 7.95. The average molecular weight is 357 g/mol. The van der Waals surface area contributed by atoms with Gasteiger partial charge in [-0.15, -0.1) is 11.6 Å². The summed E-state index contributed by atoms with van der Waals surface area (Å²) in [5, 5.41) is 13.3. The number of nitrogens with one attached hydrogen (secondary N) is 2. The maximum Gasteiger partial charge on any atom is 0.319 e. The zero-order chi connectivity index (χ0) is 17.7. The zero-order valence-electron chi connectivity index (χ0n) is 13.4. The van der Waals surface area contributed by atoms with E-state index < -0.39 is 0 Å². The average Bonchev–Trinajstić information content (AvgIpc) is 2.60. The molecule has 0 atom stereocenters. The van der Waals surface area contributed by atoms with Crippen LogP contribution in [0.15, 0.2) is 48.5 Å². The molecule has 2 aromatic carbocycles. The van der Waals surface area contributed by atoms with Gasteiger partial charge in [0, 0.05) is 30.7 Å². The van der Waals surface area contributed by atoms with Gasteiger partial charge in [0.25, 0.3) is 0 Å². The minimum Gasteiger partial charge on any atom is -0.400 e. The molecule has 0 aliphatic rings. The van der Waals surface area contributed by atoms with Gasteiger partial charge in [-0.05, 0) is 36.8 Å².